The van der Waals surface area contributed by atoms with Crippen LogP contribution in [0.15, 0.2) is 22.6 Å². The summed E-state index contributed by atoms with van der Waals surface area (Å²) in [5, 5.41) is 0. The average Bonchev–Trinajstić information content (AvgIpc) is 2.34. The van der Waals surface area contributed by atoms with Crippen molar-refractivity contribution in [2.24, 2.45) is 4.40 Å². The van der Waals surface area contributed by atoms with Crippen molar-refractivity contribution in [2.45, 2.75) is 25.5 Å². The summed E-state index contributed by atoms with van der Waals surface area (Å²) in [7, 11) is 1.90. The summed E-state index contributed by atoms with van der Waals surface area (Å²) in [6, 6.07) is 5.42. The lowest BCUT2D eigenvalue weighted by Crippen LogP contribution is -2.19. The van der Waals surface area contributed by atoms with Crippen LogP contribution in [0.25, 0.3) is 0 Å². The molecule has 18 heavy (non-hydrogen) atoms. The second kappa shape index (κ2) is 6.00. The van der Waals surface area contributed by atoms with Crippen molar-refractivity contribution in [1.82, 2.24) is 0 Å². The summed E-state index contributed by atoms with van der Waals surface area (Å²) < 4.78 is 25.8. The summed E-state index contributed by atoms with van der Waals surface area (Å²) in [5.74, 6) is 1.29. The van der Waals surface area contributed by atoms with Crippen LogP contribution in [0.2, 0.25) is 0 Å². The second-order valence-electron chi connectivity index (χ2n) is 4.71. The largest absolute Gasteiger partial charge is 0.493 e. The normalized spacial score (nSPS) is 13.6. The minimum atomic E-state index is -1.26. The average molecular weight is 269 g/mol. The van der Waals surface area contributed by atoms with Crippen molar-refractivity contribution in [3.63, 3.8) is 0 Å². The van der Waals surface area contributed by atoms with E-state index in [0.29, 0.717) is 11.5 Å². The SMILES string of the molecule is COc1ccc(C=NS(=O)C(C)(C)C)cc1OC. The molecule has 0 fully saturated rings. The summed E-state index contributed by atoms with van der Waals surface area (Å²) in [6.07, 6.45) is 1.59. The van der Waals surface area contributed by atoms with E-state index in [4.69, 9.17) is 9.47 Å². The van der Waals surface area contributed by atoms with Crippen LogP contribution < -0.4 is 9.47 Å². The Morgan fingerprint density at radius 1 is 1.17 bits per heavy atom. The van der Waals surface area contributed by atoms with Crippen LogP contribution in [0, 0.1) is 0 Å². The zero-order valence-corrected chi connectivity index (χ0v) is 12.2. The number of ether oxygens (including phenoxy) is 2. The quantitative estimate of drug-likeness (QED) is 0.789. The highest BCUT2D eigenvalue weighted by atomic mass is 32.2. The number of hydrogen-bond acceptors (Lipinski definition) is 3. The number of rotatable bonds is 4. The van der Waals surface area contributed by atoms with Gasteiger partial charge in [0, 0.05) is 6.21 Å². The molecule has 0 heterocycles. The van der Waals surface area contributed by atoms with Crippen LogP contribution in [-0.2, 0) is 11.0 Å². The van der Waals surface area contributed by atoms with Gasteiger partial charge in [0.2, 0.25) is 0 Å². The van der Waals surface area contributed by atoms with E-state index < -0.39 is 11.0 Å². The molecule has 1 atom stereocenters. The van der Waals surface area contributed by atoms with Gasteiger partial charge in [-0.05, 0) is 44.5 Å². The van der Waals surface area contributed by atoms with Crippen molar-refractivity contribution >= 4 is 17.2 Å². The van der Waals surface area contributed by atoms with Gasteiger partial charge >= 0.3 is 0 Å². The fourth-order valence-corrected chi connectivity index (χ4v) is 1.73. The van der Waals surface area contributed by atoms with E-state index in [1.165, 1.54) is 0 Å². The first-order valence-electron chi connectivity index (χ1n) is 5.56. The molecule has 0 aromatic heterocycles. The fourth-order valence-electron chi connectivity index (χ4n) is 1.20. The first-order chi connectivity index (χ1) is 8.38. The molecule has 5 heteroatoms. The van der Waals surface area contributed by atoms with Crippen molar-refractivity contribution in [3.8, 4) is 11.5 Å². The third-order valence-electron chi connectivity index (χ3n) is 2.23. The first kappa shape index (κ1) is 14.7. The molecule has 0 saturated carbocycles. The molecule has 0 aliphatic carbocycles. The highest BCUT2D eigenvalue weighted by molar-refractivity contribution is 7.85. The third-order valence-corrected chi connectivity index (χ3v) is 3.57. The molecule has 1 aromatic carbocycles. The molecule has 100 valence electrons. The van der Waals surface area contributed by atoms with Crippen LogP contribution in [0.3, 0.4) is 0 Å². The van der Waals surface area contributed by atoms with Crippen molar-refractivity contribution in [3.05, 3.63) is 23.8 Å². The van der Waals surface area contributed by atoms with E-state index in [1.807, 2.05) is 26.8 Å². The fraction of sp³-hybridized carbons (Fsp3) is 0.462. The van der Waals surface area contributed by atoms with E-state index in [2.05, 4.69) is 4.40 Å². The van der Waals surface area contributed by atoms with Crippen LogP contribution in [-0.4, -0.2) is 29.4 Å². The minimum absolute atomic E-state index is 0.354. The summed E-state index contributed by atoms with van der Waals surface area (Å²) >= 11 is 0. The molecule has 1 rings (SSSR count). The second-order valence-corrected chi connectivity index (χ2v) is 6.64. The molecular weight excluding hydrogens is 250 g/mol. The molecule has 0 aliphatic rings. The predicted octanol–water partition coefficient (Wildman–Crippen LogP) is 2.58. The van der Waals surface area contributed by atoms with Crippen molar-refractivity contribution < 1.29 is 13.7 Å². The molecule has 0 amide bonds. The van der Waals surface area contributed by atoms with Crippen molar-refractivity contribution in [2.75, 3.05) is 14.2 Å². The Balaban J connectivity index is 2.92. The molecule has 0 bridgehead atoms. The number of nitrogens with zero attached hydrogens (tertiary/aromatic N) is 1. The molecule has 0 radical (unpaired) electrons. The predicted molar refractivity (Wildman–Crippen MR) is 75.0 cm³/mol. The van der Waals surface area contributed by atoms with Gasteiger partial charge in [-0.3, -0.25) is 0 Å². The lowest BCUT2D eigenvalue weighted by molar-refractivity contribution is 0.355. The van der Waals surface area contributed by atoms with E-state index in [9.17, 15) is 4.21 Å². The van der Waals surface area contributed by atoms with E-state index >= 15 is 0 Å². The van der Waals surface area contributed by atoms with Crippen LogP contribution in [0.1, 0.15) is 26.3 Å². The number of hydrogen-bond donors (Lipinski definition) is 0. The Labute approximate surface area is 111 Å². The Bertz CT molecular complexity index is 464. The standard InChI is InChI=1S/C13H19NO3S/c1-13(2,3)18(15)14-9-10-6-7-11(16-4)12(8-10)17-5/h6-9H,1-5H3. The lowest BCUT2D eigenvalue weighted by Gasteiger charge is -2.12. The topological polar surface area (TPSA) is 47.9 Å². The maximum Gasteiger partial charge on any atom is 0.161 e. The molecule has 4 nitrogen and oxygen atoms in total. The van der Waals surface area contributed by atoms with Gasteiger partial charge in [-0.15, -0.1) is 0 Å². The van der Waals surface area contributed by atoms with Gasteiger partial charge in [-0.1, -0.05) is 0 Å². The summed E-state index contributed by atoms with van der Waals surface area (Å²) in [4.78, 5) is 0. The highest BCUT2D eigenvalue weighted by Crippen LogP contribution is 2.27. The Morgan fingerprint density at radius 2 is 1.78 bits per heavy atom. The monoisotopic (exact) mass is 269 g/mol. The minimum Gasteiger partial charge on any atom is -0.493 e. The molecule has 0 spiro atoms. The molecular formula is C13H19NO3S. The Kier molecular flexibility index (Phi) is 4.90. The smallest absolute Gasteiger partial charge is 0.161 e. The first-order valence-corrected chi connectivity index (χ1v) is 6.67. The summed E-state index contributed by atoms with van der Waals surface area (Å²) in [6.45, 7) is 5.65. The van der Waals surface area contributed by atoms with E-state index in [-0.39, 0.29) is 4.75 Å². The van der Waals surface area contributed by atoms with E-state index in [1.54, 1.807) is 32.6 Å². The van der Waals surface area contributed by atoms with Gasteiger partial charge in [-0.25, -0.2) is 4.21 Å². The Morgan fingerprint density at radius 3 is 2.28 bits per heavy atom. The third kappa shape index (κ3) is 3.84. The maximum absolute atomic E-state index is 11.8. The highest BCUT2D eigenvalue weighted by Gasteiger charge is 2.18. The molecule has 0 aliphatic heterocycles. The van der Waals surface area contributed by atoms with Crippen LogP contribution in [0.4, 0.5) is 0 Å². The van der Waals surface area contributed by atoms with Gasteiger partial charge in [0.05, 0.1) is 19.0 Å². The number of methoxy groups -OCH3 is 2. The zero-order chi connectivity index (χ0) is 13.8. The Hall–Kier alpha value is -1.36. The van der Waals surface area contributed by atoms with Gasteiger partial charge in [0.25, 0.3) is 0 Å². The van der Waals surface area contributed by atoms with Gasteiger partial charge in [0.1, 0.15) is 11.0 Å². The molecule has 0 N–H and O–H groups in total. The number of benzene rings is 1. The van der Waals surface area contributed by atoms with Crippen molar-refractivity contribution in [1.29, 1.82) is 0 Å². The molecule has 1 aromatic rings. The molecule has 0 saturated heterocycles. The van der Waals surface area contributed by atoms with E-state index in [0.717, 1.165) is 5.56 Å². The maximum atomic E-state index is 11.8. The van der Waals surface area contributed by atoms with Crippen LogP contribution in [0.5, 0.6) is 11.5 Å². The van der Waals surface area contributed by atoms with Gasteiger partial charge in [-0.2, -0.15) is 4.40 Å². The lowest BCUT2D eigenvalue weighted by atomic mass is 10.2. The summed E-state index contributed by atoms with van der Waals surface area (Å²) in [5.41, 5.74) is 0.824. The van der Waals surface area contributed by atoms with Crippen LogP contribution >= 0.6 is 0 Å². The molecule has 1 unspecified atom stereocenters. The zero-order valence-electron chi connectivity index (χ0n) is 11.4. The van der Waals surface area contributed by atoms with Gasteiger partial charge in [0.15, 0.2) is 11.5 Å². The van der Waals surface area contributed by atoms with Gasteiger partial charge < -0.3 is 9.47 Å².